The molecule has 1 rings (SSSR count). The number of hydrogen-bond donors (Lipinski definition) is 0. The Morgan fingerprint density at radius 2 is 2.20 bits per heavy atom. The summed E-state index contributed by atoms with van der Waals surface area (Å²) in [6, 6.07) is 0. The fraction of sp³-hybridized carbons (Fsp3) is 0.750. The lowest BCUT2D eigenvalue weighted by Gasteiger charge is -2.20. The molecule has 1 aliphatic rings. The minimum absolute atomic E-state index is 0.0648. The van der Waals surface area contributed by atoms with Crippen LogP contribution in [0.4, 0.5) is 0 Å². The van der Waals surface area contributed by atoms with E-state index in [1.165, 1.54) is 0 Å². The maximum absolute atomic E-state index is 5.16. The van der Waals surface area contributed by atoms with Gasteiger partial charge in [-0.3, -0.25) is 0 Å². The molecule has 1 heterocycles. The lowest BCUT2D eigenvalue weighted by Crippen LogP contribution is -2.22. The molecule has 0 aromatic rings. The average Bonchev–Trinajstić information content (AvgIpc) is 1.30. The van der Waals surface area contributed by atoms with Gasteiger partial charge < -0.3 is 4.74 Å². The zero-order valence-corrected chi connectivity index (χ0v) is 2.98. The van der Waals surface area contributed by atoms with E-state index >= 15 is 0 Å². The second kappa shape index (κ2) is 0.977. The SMILES string of the molecule is [CH]C1CCO1. The number of ether oxygens (including phenoxy) is 1. The second-order valence-electron chi connectivity index (χ2n) is 1.20. The molecule has 28 valence electrons. The van der Waals surface area contributed by atoms with E-state index in [4.69, 9.17) is 11.7 Å². The van der Waals surface area contributed by atoms with Crippen LogP contribution in [0, 0.1) is 6.92 Å². The fourth-order valence-electron chi connectivity index (χ4n) is 0.254. The molecule has 1 nitrogen and oxygen atoms in total. The van der Waals surface area contributed by atoms with E-state index in [1.54, 1.807) is 0 Å². The highest BCUT2D eigenvalue weighted by Gasteiger charge is 2.09. The molecule has 0 saturated carbocycles. The normalized spacial score (nSPS) is 36.6. The fourth-order valence-corrected chi connectivity index (χ4v) is 0.254. The first-order valence-corrected chi connectivity index (χ1v) is 1.77. The van der Waals surface area contributed by atoms with Gasteiger partial charge in [0.2, 0.25) is 0 Å². The van der Waals surface area contributed by atoms with Crippen LogP contribution in [-0.4, -0.2) is 12.7 Å². The van der Waals surface area contributed by atoms with Gasteiger partial charge in [0, 0.05) is 6.61 Å². The molecular weight excluding hydrogens is 64.0 g/mol. The van der Waals surface area contributed by atoms with Gasteiger partial charge in [0.25, 0.3) is 0 Å². The zero-order chi connectivity index (χ0) is 3.70. The van der Waals surface area contributed by atoms with E-state index in [2.05, 4.69) is 0 Å². The highest BCUT2D eigenvalue weighted by atomic mass is 16.5. The van der Waals surface area contributed by atoms with Gasteiger partial charge in [0.15, 0.2) is 0 Å². The molecule has 1 aliphatic heterocycles. The number of rotatable bonds is 0. The lowest BCUT2D eigenvalue weighted by molar-refractivity contribution is -0.0204. The maximum Gasteiger partial charge on any atom is 0.0632 e. The molecular formula is C4H6O. The van der Waals surface area contributed by atoms with Crippen molar-refractivity contribution < 1.29 is 4.74 Å². The topological polar surface area (TPSA) is 9.23 Å². The third-order valence-electron chi connectivity index (χ3n) is 0.734. The monoisotopic (exact) mass is 70.0 g/mol. The van der Waals surface area contributed by atoms with E-state index in [1.807, 2.05) is 0 Å². The Morgan fingerprint density at radius 1 is 1.80 bits per heavy atom. The molecule has 1 heteroatoms. The van der Waals surface area contributed by atoms with Crippen molar-refractivity contribution in [2.24, 2.45) is 0 Å². The van der Waals surface area contributed by atoms with Crippen LogP contribution in [0.3, 0.4) is 0 Å². The van der Waals surface area contributed by atoms with Crippen molar-refractivity contribution in [1.82, 2.24) is 0 Å². The van der Waals surface area contributed by atoms with Gasteiger partial charge in [-0.1, -0.05) is 0 Å². The van der Waals surface area contributed by atoms with Gasteiger partial charge >= 0.3 is 0 Å². The predicted octanol–water partition coefficient (Wildman–Crippen LogP) is 0.486. The summed E-state index contributed by atoms with van der Waals surface area (Å²) in [7, 11) is 0. The molecule has 1 fully saturated rings. The van der Waals surface area contributed by atoms with E-state index in [0.29, 0.717) is 0 Å². The van der Waals surface area contributed by atoms with Crippen molar-refractivity contribution in [1.29, 1.82) is 0 Å². The van der Waals surface area contributed by atoms with Crippen LogP contribution >= 0.6 is 0 Å². The van der Waals surface area contributed by atoms with E-state index in [0.717, 1.165) is 13.0 Å². The van der Waals surface area contributed by atoms with Crippen LogP contribution in [-0.2, 0) is 4.74 Å². The number of hydrogen-bond acceptors (Lipinski definition) is 1. The zero-order valence-electron chi connectivity index (χ0n) is 2.98. The highest BCUT2D eigenvalue weighted by Crippen LogP contribution is 2.06. The van der Waals surface area contributed by atoms with Crippen molar-refractivity contribution in [2.45, 2.75) is 12.5 Å². The summed E-state index contributed by atoms with van der Waals surface area (Å²) in [5.74, 6) is 0. The Hall–Kier alpha value is -0.0400. The summed E-state index contributed by atoms with van der Waals surface area (Å²) >= 11 is 0. The molecule has 0 aliphatic carbocycles. The quantitative estimate of drug-likeness (QED) is 0.403. The lowest BCUT2D eigenvalue weighted by atomic mass is 10.2. The first-order valence-electron chi connectivity index (χ1n) is 1.77. The molecule has 0 aromatic carbocycles. The average molecular weight is 70.1 g/mol. The van der Waals surface area contributed by atoms with Crippen LogP contribution in [0.5, 0.6) is 0 Å². The van der Waals surface area contributed by atoms with Gasteiger partial charge in [0.1, 0.15) is 0 Å². The van der Waals surface area contributed by atoms with E-state index in [9.17, 15) is 0 Å². The third kappa shape index (κ3) is 0.428. The molecule has 0 N–H and O–H groups in total. The van der Waals surface area contributed by atoms with Gasteiger partial charge in [-0.25, -0.2) is 0 Å². The van der Waals surface area contributed by atoms with Crippen molar-refractivity contribution >= 4 is 0 Å². The van der Waals surface area contributed by atoms with Gasteiger partial charge in [-0.05, 0) is 13.3 Å². The second-order valence-corrected chi connectivity index (χ2v) is 1.20. The minimum Gasteiger partial charge on any atom is -0.378 e. The van der Waals surface area contributed by atoms with Crippen molar-refractivity contribution in [3.63, 3.8) is 0 Å². The van der Waals surface area contributed by atoms with E-state index < -0.39 is 0 Å². The molecule has 2 radical (unpaired) electrons. The summed E-state index contributed by atoms with van der Waals surface area (Å²) in [6.45, 7) is 6.02. The Balaban J connectivity index is 2.08. The van der Waals surface area contributed by atoms with Crippen LogP contribution in [0.1, 0.15) is 6.42 Å². The van der Waals surface area contributed by atoms with Crippen LogP contribution in [0.2, 0.25) is 0 Å². The van der Waals surface area contributed by atoms with Crippen molar-refractivity contribution in [3.8, 4) is 0 Å². The van der Waals surface area contributed by atoms with Crippen LogP contribution < -0.4 is 0 Å². The predicted molar refractivity (Wildman–Crippen MR) is 18.7 cm³/mol. The smallest absolute Gasteiger partial charge is 0.0632 e. The molecule has 1 unspecified atom stereocenters. The van der Waals surface area contributed by atoms with E-state index in [-0.39, 0.29) is 6.10 Å². The van der Waals surface area contributed by atoms with Crippen LogP contribution in [0.15, 0.2) is 0 Å². The molecule has 1 saturated heterocycles. The van der Waals surface area contributed by atoms with Gasteiger partial charge in [-0.15, -0.1) is 0 Å². The van der Waals surface area contributed by atoms with Crippen LogP contribution in [0.25, 0.3) is 0 Å². The van der Waals surface area contributed by atoms with Crippen molar-refractivity contribution in [3.05, 3.63) is 6.92 Å². The molecule has 1 atom stereocenters. The molecule has 0 bridgehead atoms. The molecule has 0 aromatic heterocycles. The third-order valence-corrected chi connectivity index (χ3v) is 0.734. The summed E-state index contributed by atoms with van der Waals surface area (Å²) in [5.41, 5.74) is 0. The Morgan fingerprint density at radius 3 is 2.20 bits per heavy atom. The summed E-state index contributed by atoms with van der Waals surface area (Å²) in [4.78, 5) is 0. The summed E-state index contributed by atoms with van der Waals surface area (Å²) in [5, 5.41) is 0. The van der Waals surface area contributed by atoms with Gasteiger partial charge in [-0.2, -0.15) is 0 Å². The summed E-state index contributed by atoms with van der Waals surface area (Å²) < 4.78 is 4.71. The maximum atomic E-state index is 5.16. The Bertz CT molecular complexity index is 30.6. The molecule has 0 amide bonds. The minimum atomic E-state index is 0.0648. The highest BCUT2D eigenvalue weighted by molar-refractivity contribution is 4.66. The van der Waals surface area contributed by atoms with Gasteiger partial charge in [0.05, 0.1) is 6.10 Å². The summed E-state index contributed by atoms with van der Waals surface area (Å²) in [6.07, 6.45) is 1.11. The Kier molecular flexibility index (Phi) is 0.618. The standard InChI is InChI=1S/C4H6O/c1-4-2-3-5-4/h1,4H,2-3H2. The largest absolute Gasteiger partial charge is 0.378 e. The molecule has 0 spiro atoms. The van der Waals surface area contributed by atoms with Crippen molar-refractivity contribution in [2.75, 3.05) is 6.61 Å². The Labute approximate surface area is 31.9 Å². The first kappa shape index (κ1) is 3.16. The first-order chi connectivity index (χ1) is 2.39. The molecule has 5 heavy (non-hydrogen) atoms.